The molecule has 2 aromatic carbocycles. The van der Waals surface area contributed by atoms with Crippen LogP contribution in [-0.2, 0) is 20.9 Å². The molecule has 2 aromatic rings. The number of nitrogens with one attached hydrogen (secondary N) is 1. The number of nitrogens with zero attached hydrogens (tertiary/aromatic N) is 1. The van der Waals surface area contributed by atoms with E-state index in [0.29, 0.717) is 26.0 Å². The lowest BCUT2D eigenvalue weighted by atomic mass is 9.87. The fourth-order valence-electron chi connectivity index (χ4n) is 4.32. The molecule has 0 saturated heterocycles. The Labute approximate surface area is 260 Å². The van der Waals surface area contributed by atoms with E-state index in [4.69, 9.17) is 32.7 Å². The van der Waals surface area contributed by atoms with Crippen molar-refractivity contribution in [2.75, 3.05) is 20.3 Å². The van der Waals surface area contributed by atoms with Crippen molar-refractivity contribution in [3.8, 4) is 11.5 Å². The second-order valence-corrected chi connectivity index (χ2v) is 11.1. The molecule has 0 radical (unpaired) electrons. The molecule has 0 aromatic heterocycles. The number of hydrogen-bond donors (Lipinski definition) is 3. The van der Waals surface area contributed by atoms with Crippen molar-refractivity contribution in [3.05, 3.63) is 66.7 Å². The predicted octanol–water partition coefficient (Wildman–Crippen LogP) is 3.34. The number of aliphatic hydroxyl groups excluding tert-OH is 2. The molecule has 0 bridgehead atoms. The molecule has 13 heteroatoms. The van der Waals surface area contributed by atoms with Gasteiger partial charge in [-0.3, -0.25) is 19.2 Å². The van der Waals surface area contributed by atoms with Crippen LogP contribution in [0.4, 0.5) is 0 Å². The van der Waals surface area contributed by atoms with Crippen molar-refractivity contribution in [1.82, 2.24) is 10.2 Å². The van der Waals surface area contributed by atoms with Crippen molar-refractivity contribution >= 4 is 69.7 Å². The molecule has 220 valence electrons. The van der Waals surface area contributed by atoms with E-state index in [2.05, 4.69) is 5.32 Å². The van der Waals surface area contributed by atoms with Gasteiger partial charge in [-0.25, -0.2) is 0 Å². The van der Waals surface area contributed by atoms with E-state index in [-0.39, 0.29) is 54.6 Å². The zero-order valence-corrected chi connectivity index (χ0v) is 25.9. The maximum absolute atomic E-state index is 13.4. The van der Waals surface area contributed by atoms with E-state index < -0.39 is 35.8 Å². The molecule has 1 aliphatic rings. The first-order chi connectivity index (χ1) is 19.5. The van der Waals surface area contributed by atoms with E-state index in [9.17, 15) is 29.4 Å². The van der Waals surface area contributed by atoms with Gasteiger partial charge in [0, 0.05) is 47.1 Å². The highest BCUT2D eigenvalue weighted by Gasteiger charge is 2.42. The first-order valence-electron chi connectivity index (χ1n) is 12.6. The predicted molar refractivity (Wildman–Crippen MR) is 160 cm³/mol. The minimum atomic E-state index is -1.41. The van der Waals surface area contributed by atoms with Crippen LogP contribution in [0.5, 0.6) is 11.5 Å². The molecule has 0 saturated carbocycles. The number of rotatable bonds is 12. The van der Waals surface area contributed by atoms with Gasteiger partial charge in [-0.1, -0.05) is 36.2 Å². The van der Waals surface area contributed by atoms with Crippen molar-refractivity contribution in [1.29, 1.82) is 0 Å². The number of benzene rings is 2. The van der Waals surface area contributed by atoms with Crippen LogP contribution in [-0.4, -0.2) is 77.5 Å². The molecule has 0 fully saturated rings. The van der Waals surface area contributed by atoms with Gasteiger partial charge in [-0.05, 0) is 58.5 Å². The normalized spacial score (nSPS) is 18.2. The molecule has 0 unspecified atom stereocenters. The van der Waals surface area contributed by atoms with Crippen molar-refractivity contribution in [3.63, 3.8) is 0 Å². The smallest absolute Gasteiger partial charge is 0.290 e. The number of halogens is 3. The standard InChI is InChI=1S/C28H29Cl2IN2O8/c1-3-22(36)28(39)33(13-16-4-5-18(29)12-19(16)30)21-10-17(27(38)32-6-7-34)11-23(25(21)37)41-26-20(31)8-15(14-35)9-24(26)40-2/h4-5,8-9,11-12,14,21,23,25,34,37H,3,6-7,10,13H2,1-2H3,(H,32,38)/t21-,23+,25+/m1/s1. The lowest BCUT2D eigenvalue weighted by Crippen LogP contribution is -2.56. The van der Waals surface area contributed by atoms with Crippen LogP contribution in [0.3, 0.4) is 0 Å². The third kappa shape index (κ3) is 7.98. The molecule has 41 heavy (non-hydrogen) atoms. The topological polar surface area (TPSA) is 142 Å². The molecular formula is C28H29Cl2IN2O8. The molecule has 0 spiro atoms. The van der Waals surface area contributed by atoms with E-state index >= 15 is 0 Å². The van der Waals surface area contributed by atoms with Gasteiger partial charge < -0.3 is 29.9 Å². The summed E-state index contributed by atoms with van der Waals surface area (Å²) in [5.74, 6) is -1.67. The van der Waals surface area contributed by atoms with Gasteiger partial charge in [0.05, 0.1) is 23.3 Å². The number of carbonyl (C=O) groups excluding carboxylic acids is 4. The monoisotopic (exact) mass is 718 g/mol. The summed E-state index contributed by atoms with van der Waals surface area (Å²) in [6, 6.07) is 6.63. The Bertz CT molecular complexity index is 1350. The summed E-state index contributed by atoms with van der Waals surface area (Å²) in [7, 11) is 1.39. The van der Waals surface area contributed by atoms with Crippen LogP contribution in [0.25, 0.3) is 0 Å². The minimum Gasteiger partial charge on any atom is -0.493 e. The summed E-state index contributed by atoms with van der Waals surface area (Å²) < 4.78 is 12.1. The first-order valence-corrected chi connectivity index (χ1v) is 14.4. The molecule has 3 N–H and O–H groups in total. The quantitative estimate of drug-likeness (QED) is 0.172. The number of hydrogen-bond acceptors (Lipinski definition) is 8. The van der Waals surface area contributed by atoms with Crippen LogP contribution in [0, 0.1) is 3.57 Å². The lowest BCUT2D eigenvalue weighted by Gasteiger charge is -2.40. The molecule has 2 amide bonds. The largest absolute Gasteiger partial charge is 0.493 e. The minimum absolute atomic E-state index is 0.0227. The van der Waals surface area contributed by atoms with Gasteiger partial charge in [0.25, 0.3) is 5.91 Å². The third-order valence-electron chi connectivity index (χ3n) is 6.43. The van der Waals surface area contributed by atoms with Gasteiger partial charge in [0.1, 0.15) is 18.5 Å². The zero-order valence-electron chi connectivity index (χ0n) is 22.2. The van der Waals surface area contributed by atoms with Crippen molar-refractivity contribution < 1.29 is 38.9 Å². The molecular weight excluding hydrogens is 690 g/mol. The number of Topliss-reactive ketones (excluding diaryl/α,β-unsaturated/α-hetero) is 1. The summed E-state index contributed by atoms with van der Waals surface area (Å²) in [6.07, 6.45) is -0.707. The van der Waals surface area contributed by atoms with Gasteiger partial charge in [0.2, 0.25) is 11.7 Å². The highest BCUT2D eigenvalue weighted by Crippen LogP contribution is 2.37. The van der Waals surface area contributed by atoms with Gasteiger partial charge in [0.15, 0.2) is 11.5 Å². The SMILES string of the molecule is CCC(=O)C(=O)N(Cc1ccc(Cl)cc1Cl)[C@@H]1CC(C(=O)NCCO)=C[C@H](Oc2c(I)cc(C=O)cc2OC)[C@H]1O. The van der Waals surface area contributed by atoms with Crippen LogP contribution < -0.4 is 14.8 Å². The first kappa shape index (κ1) is 32.8. The maximum Gasteiger partial charge on any atom is 0.290 e. The Morgan fingerprint density at radius 2 is 1.95 bits per heavy atom. The van der Waals surface area contributed by atoms with E-state index in [0.717, 1.165) is 0 Å². The molecule has 0 heterocycles. The fraction of sp³-hybridized carbons (Fsp3) is 0.357. The van der Waals surface area contributed by atoms with E-state index in [1.807, 2.05) is 22.6 Å². The van der Waals surface area contributed by atoms with Crippen LogP contribution in [0.2, 0.25) is 10.0 Å². The Kier molecular flexibility index (Phi) is 12.0. The fourth-order valence-corrected chi connectivity index (χ4v) is 5.54. The Hall–Kier alpha value is -2.71. The number of aliphatic hydroxyl groups is 2. The highest BCUT2D eigenvalue weighted by atomic mass is 127. The number of ketones is 1. The third-order valence-corrected chi connectivity index (χ3v) is 7.82. The summed E-state index contributed by atoms with van der Waals surface area (Å²) in [5.41, 5.74) is 0.982. The van der Waals surface area contributed by atoms with Crippen molar-refractivity contribution in [2.24, 2.45) is 0 Å². The van der Waals surface area contributed by atoms with Crippen molar-refractivity contribution in [2.45, 2.75) is 44.6 Å². The van der Waals surface area contributed by atoms with E-state index in [1.165, 1.54) is 30.2 Å². The summed E-state index contributed by atoms with van der Waals surface area (Å²) >= 11 is 14.4. The summed E-state index contributed by atoms with van der Waals surface area (Å²) in [4.78, 5) is 51.6. The summed E-state index contributed by atoms with van der Waals surface area (Å²) in [5, 5.41) is 24.0. The average molecular weight is 719 g/mol. The number of aldehydes is 1. The molecule has 1 aliphatic carbocycles. The molecule has 3 atom stereocenters. The number of amides is 2. The Morgan fingerprint density at radius 1 is 1.22 bits per heavy atom. The maximum atomic E-state index is 13.4. The molecule has 0 aliphatic heterocycles. The second-order valence-electron chi connectivity index (χ2n) is 9.11. The van der Waals surface area contributed by atoms with Crippen LogP contribution in [0.1, 0.15) is 35.7 Å². The zero-order chi connectivity index (χ0) is 30.3. The Morgan fingerprint density at radius 3 is 2.56 bits per heavy atom. The average Bonchev–Trinajstić information content (AvgIpc) is 2.96. The van der Waals surface area contributed by atoms with E-state index in [1.54, 1.807) is 25.1 Å². The second kappa shape index (κ2) is 15.0. The summed E-state index contributed by atoms with van der Waals surface area (Å²) in [6.45, 7) is 1.07. The van der Waals surface area contributed by atoms with Gasteiger partial charge in [-0.15, -0.1) is 0 Å². The number of carbonyl (C=O) groups is 4. The lowest BCUT2D eigenvalue weighted by molar-refractivity contribution is -0.149. The van der Waals surface area contributed by atoms with Crippen LogP contribution in [0.15, 0.2) is 42.0 Å². The Balaban J connectivity index is 2.09. The van der Waals surface area contributed by atoms with Crippen LogP contribution >= 0.6 is 45.8 Å². The number of ether oxygens (including phenoxy) is 2. The van der Waals surface area contributed by atoms with Gasteiger partial charge in [-0.2, -0.15) is 0 Å². The molecule has 3 rings (SSSR count). The van der Waals surface area contributed by atoms with Gasteiger partial charge >= 0.3 is 0 Å². The number of methoxy groups -OCH3 is 1. The highest BCUT2D eigenvalue weighted by molar-refractivity contribution is 14.1. The molecule has 10 nitrogen and oxygen atoms in total.